The zero-order valence-corrected chi connectivity index (χ0v) is 11.5. The van der Waals surface area contributed by atoms with Crippen molar-refractivity contribution in [2.24, 2.45) is 11.7 Å². The first-order valence-electron chi connectivity index (χ1n) is 7.12. The van der Waals surface area contributed by atoms with E-state index in [1.165, 1.54) is 5.56 Å². The molecule has 20 heavy (non-hydrogen) atoms. The molecule has 1 amide bonds. The average molecular weight is 276 g/mol. The number of ether oxygens (including phenoxy) is 2. The molecule has 1 atom stereocenters. The molecule has 108 valence electrons. The van der Waals surface area contributed by atoms with Crippen molar-refractivity contribution >= 4 is 5.91 Å². The number of rotatable bonds is 3. The van der Waals surface area contributed by atoms with Crippen molar-refractivity contribution in [2.75, 3.05) is 26.3 Å². The van der Waals surface area contributed by atoms with Crippen molar-refractivity contribution in [3.63, 3.8) is 0 Å². The Bertz CT molecular complexity index is 504. The quantitative estimate of drug-likeness (QED) is 0.899. The number of primary amides is 1. The summed E-state index contributed by atoms with van der Waals surface area (Å²) in [5.74, 6) is 1.43. The molecule has 0 radical (unpaired) electrons. The van der Waals surface area contributed by atoms with Crippen LogP contribution in [0.25, 0.3) is 0 Å². The number of piperidine rings is 1. The Morgan fingerprint density at radius 1 is 1.30 bits per heavy atom. The molecule has 2 aliphatic heterocycles. The molecule has 1 saturated heterocycles. The summed E-state index contributed by atoms with van der Waals surface area (Å²) in [6.07, 6.45) is 1.94. The maximum Gasteiger partial charge on any atom is 0.221 e. The van der Waals surface area contributed by atoms with Crippen LogP contribution >= 0.6 is 0 Å². The van der Waals surface area contributed by atoms with Crippen molar-refractivity contribution in [1.82, 2.24) is 4.90 Å². The number of benzene rings is 1. The zero-order valence-electron chi connectivity index (χ0n) is 11.5. The van der Waals surface area contributed by atoms with Gasteiger partial charge in [0.1, 0.15) is 13.2 Å². The second-order valence-corrected chi connectivity index (χ2v) is 5.45. The first kappa shape index (κ1) is 13.2. The summed E-state index contributed by atoms with van der Waals surface area (Å²) in [6.45, 7) is 3.80. The van der Waals surface area contributed by atoms with Crippen molar-refractivity contribution in [3.05, 3.63) is 23.8 Å². The number of likely N-dealkylation sites (tertiary alicyclic amines) is 1. The van der Waals surface area contributed by atoms with Gasteiger partial charge in [0.05, 0.1) is 5.92 Å². The first-order chi connectivity index (χ1) is 9.72. The first-order valence-corrected chi connectivity index (χ1v) is 7.12. The Balaban J connectivity index is 1.66. The Morgan fingerprint density at radius 2 is 2.10 bits per heavy atom. The van der Waals surface area contributed by atoms with Crippen LogP contribution in [0, 0.1) is 5.92 Å². The van der Waals surface area contributed by atoms with E-state index in [2.05, 4.69) is 11.0 Å². The van der Waals surface area contributed by atoms with E-state index in [1.807, 2.05) is 12.1 Å². The summed E-state index contributed by atoms with van der Waals surface area (Å²) in [7, 11) is 0. The summed E-state index contributed by atoms with van der Waals surface area (Å²) in [4.78, 5) is 13.6. The molecule has 1 aromatic carbocycles. The second-order valence-electron chi connectivity index (χ2n) is 5.45. The lowest BCUT2D eigenvalue weighted by atomic mass is 9.97. The van der Waals surface area contributed by atoms with Gasteiger partial charge >= 0.3 is 0 Å². The third kappa shape index (κ3) is 2.88. The fraction of sp³-hybridized carbons (Fsp3) is 0.533. The normalized spacial score (nSPS) is 22.5. The molecule has 1 fully saturated rings. The summed E-state index contributed by atoms with van der Waals surface area (Å²) in [5.41, 5.74) is 6.59. The highest BCUT2D eigenvalue weighted by Gasteiger charge is 2.24. The van der Waals surface area contributed by atoms with Gasteiger partial charge in [-0.15, -0.1) is 0 Å². The van der Waals surface area contributed by atoms with Crippen LogP contribution in [-0.2, 0) is 11.3 Å². The number of carbonyl (C=O) groups is 1. The molecule has 2 N–H and O–H groups in total. The highest BCUT2D eigenvalue weighted by atomic mass is 16.6. The molecular weight excluding hydrogens is 256 g/mol. The largest absolute Gasteiger partial charge is 0.486 e. The molecule has 0 saturated carbocycles. The third-order valence-corrected chi connectivity index (χ3v) is 3.92. The van der Waals surface area contributed by atoms with Crippen molar-refractivity contribution in [1.29, 1.82) is 0 Å². The van der Waals surface area contributed by atoms with Gasteiger partial charge in [-0.05, 0) is 37.1 Å². The lowest BCUT2D eigenvalue weighted by Gasteiger charge is -2.31. The van der Waals surface area contributed by atoms with Crippen molar-refractivity contribution in [3.8, 4) is 11.5 Å². The van der Waals surface area contributed by atoms with Crippen LogP contribution in [0.1, 0.15) is 18.4 Å². The SMILES string of the molecule is NC(=O)[C@@H]1CCCN(Cc2ccc3c(c2)OCCO3)C1. The number of hydrogen-bond donors (Lipinski definition) is 1. The molecule has 0 unspecified atom stereocenters. The number of carbonyl (C=O) groups excluding carboxylic acids is 1. The van der Waals surface area contributed by atoms with Gasteiger partial charge in [0, 0.05) is 13.1 Å². The Morgan fingerprint density at radius 3 is 2.90 bits per heavy atom. The van der Waals surface area contributed by atoms with Gasteiger partial charge in [0.25, 0.3) is 0 Å². The molecule has 0 aliphatic carbocycles. The fourth-order valence-electron chi connectivity index (χ4n) is 2.88. The number of nitrogens with two attached hydrogens (primary N) is 1. The highest BCUT2D eigenvalue weighted by molar-refractivity contribution is 5.76. The summed E-state index contributed by atoms with van der Waals surface area (Å²) in [6, 6.07) is 6.04. The predicted octanol–water partition coefficient (Wildman–Crippen LogP) is 1.16. The summed E-state index contributed by atoms with van der Waals surface area (Å²) in [5, 5.41) is 0. The Hall–Kier alpha value is -1.75. The molecule has 0 aromatic heterocycles. The van der Waals surface area contributed by atoms with E-state index in [1.54, 1.807) is 0 Å². The summed E-state index contributed by atoms with van der Waals surface area (Å²) < 4.78 is 11.1. The Kier molecular flexibility index (Phi) is 3.78. The van der Waals surface area contributed by atoms with Crippen LogP contribution in [0.15, 0.2) is 18.2 Å². The van der Waals surface area contributed by atoms with E-state index in [0.29, 0.717) is 13.2 Å². The van der Waals surface area contributed by atoms with Gasteiger partial charge < -0.3 is 15.2 Å². The second kappa shape index (κ2) is 5.71. The van der Waals surface area contributed by atoms with Gasteiger partial charge in [-0.3, -0.25) is 9.69 Å². The molecule has 5 nitrogen and oxygen atoms in total. The highest BCUT2D eigenvalue weighted by Crippen LogP contribution is 2.31. The molecule has 0 spiro atoms. The van der Waals surface area contributed by atoms with Crippen molar-refractivity contribution < 1.29 is 14.3 Å². The number of nitrogens with zero attached hydrogens (tertiary/aromatic N) is 1. The van der Waals surface area contributed by atoms with Gasteiger partial charge in [-0.25, -0.2) is 0 Å². The van der Waals surface area contributed by atoms with Gasteiger partial charge in [0.2, 0.25) is 5.91 Å². The molecule has 5 heteroatoms. The number of hydrogen-bond acceptors (Lipinski definition) is 4. The average Bonchev–Trinajstić information content (AvgIpc) is 2.47. The number of amides is 1. The van der Waals surface area contributed by atoms with Gasteiger partial charge in [-0.2, -0.15) is 0 Å². The smallest absolute Gasteiger partial charge is 0.221 e. The standard InChI is InChI=1S/C15H20N2O3/c16-15(18)12-2-1-5-17(10-12)9-11-3-4-13-14(8-11)20-7-6-19-13/h3-4,8,12H,1-2,5-7,9-10H2,(H2,16,18)/t12-/m1/s1. The molecular formula is C15H20N2O3. The minimum atomic E-state index is -0.183. The van der Waals surface area contributed by atoms with E-state index in [9.17, 15) is 4.79 Å². The maximum atomic E-state index is 11.3. The molecule has 1 aromatic rings. The van der Waals surface area contributed by atoms with Gasteiger partial charge in [0.15, 0.2) is 11.5 Å². The monoisotopic (exact) mass is 276 g/mol. The maximum absolute atomic E-state index is 11.3. The van der Waals surface area contributed by atoms with Gasteiger partial charge in [-0.1, -0.05) is 6.07 Å². The summed E-state index contributed by atoms with van der Waals surface area (Å²) >= 11 is 0. The van der Waals surface area contributed by atoms with E-state index < -0.39 is 0 Å². The van der Waals surface area contributed by atoms with Crippen LogP contribution in [-0.4, -0.2) is 37.1 Å². The van der Waals surface area contributed by atoms with Crippen LogP contribution < -0.4 is 15.2 Å². The Labute approximate surface area is 118 Å². The predicted molar refractivity (Wildman–Crippen MR) is 74.6 cm³/mol. The fourth-order valence-corrected chi connectivity index (χ4v) is 2.88. The van der Waals surface area contributed by atoms with E-state index in [0.717, 1.165) is 44.0 Å². The van der Waals surface area contributed by atoms with Crippen LogP contribution in [0.5, 0.6) is 11.5 Å². The molecule has 3 rings (SSSR count). The lowest BCUT2D eigenvalue weighted by Crippen LogP contribution is -2.40. The molecule has 2 heterocycles. The van der Waals surface area contributed by atoms with Crippen LogP contribution in [0.4, 0.5) is 0 Å². The molecule has 2 aliphatic rings. The van der Waals surface area contributed by atoms with E-state index in [-0.39, 0.29) is 11.8 Å². The topological polar surface area (TPSA) is 64.8 Å². The zero-order chi connectivity index (χ0) is 13.9. The van der Waals surface area contributed by atoms with Crippen LogP contribution in [0.3, 0.4) is 0 Å². The minimum Gasteiger partial charge on any atom is -0.486 e. The number of fused-ring (bicyclic) bond motifs is 1. The van der Waals surface area contributed by atoms with E-state index >= 15 is 0 Å². The van der Waals surface area contributed by atoms with Crippen LogP contribution in [0.2, 0.25) is 0 Å². The van der Waals surface area contributed by atoms with E-state index in [4.69, 9.17) is 15.2 Å². The third-order valence-electron chi connectivity index (χ3n) is 3.92. The molecule has 0 bridgehead atoms. The minimum absolute atomic E-state index is 0.0130. The lowest BCUT2D eigenvalue weighted by molar-refractivity contribution is -0.123. The van der Waals surface area contributed by atoms with Crippen molar-refractivity contribution in [2.45, 2.75) is 19.4 Å².